The molecule has 2 aromatic rings. The van der Waals surface area contributed by atoms with Crippen molar-refractivity contribution in [2.75, 3.05) is 12.4 Å². The second kappa shape index (κ2) is 6.94. The van der Waals surface area contributed by atoms with Crippen LogP contribution in [-0.2, 0) is 4.79 Å². The third kappa shape index (κ3) is 3.24. The first kappa shape index (κ1) is 18.2. The van der Waals surface area contributed by atoms with E-state index in [-0.39, 0.29) is 23.6 Å². The fourth-order valence-electron chi connectivity index (χ4n) is 3.35. The molecule has 1 N–H and O–H groups in total. The van der Waals surface area contributed by atoms with Gasteiger partial charge in [-0.25, -0.2) is 4.39 Å². The third-order valence-corrected chi connectivity index (χ3v) is 4.69. The maximum Gasteiger partial charge on any atom is 0.256 e. The van der Waals surface area contributed by atoms with Crippen LogP contribution in [0.5, 0.6) is 5.75 Å². The van der Waals surface area contributed by atoms with Gasteiger partial charge in [-0.1, -0.05) is 27.7 Å². The molecule has 136 valence electrons. The van der Waals surface area contributed by atoms with Crippen molar-refractivity contribution in [1.29, 1.82) is 0 Å². The van der Waals surface area contributed by atoms with Gasteiger partial charge in [0.2, 0.25) is 0 Å². The number of hydrogen-bond donors (Lipinski definition) is 1. The molecule has 1 heterocycles. The molecule has 0 aliphatic carbocycles. The van der Waals surface area contributed by atoms with Crippen molar-refractivity contribution in [2.45, 2.75) is 39.5 Å². The maximum absolute atomic E-state index is 13.7. The van der Waals surface area contributed by atoms with Gasteiger partial charge in [-0.05, 0) is 64.9 Å². The molecule has 3 nitrogen and oxygen atoms in total. The molecule has 1 amide bonds. The van der Waals surface area contributed by atoms with Crippen molar-refractivity contribution in [2.24, 2.45) is 0 Å². The van der Waals surface area contributed by atoms with Crippen LogP contribution in [0.25, 0.3) is 11.6 Å². The molecule has 3 rings (SSSR count). The first-order chi connectivity index (χ1) is 12.3. The Bertz CT molecular complexity index is 868. The van der Waals surface area contributed by atoms with Gasteiger partial charge < -0.3 is 10.1 Å². The van der Waals surface area contributed by atoms with E-state index in [1.165, 1.54) is 12.1 Å². The Kier molecular flexibility index (Phi) is 4.86. The van der Waals surface area contributed by atoms with Crippen LogP contribution >= 0.6 is 0 Å². The number of fused-ring (bicyclic) bond motifs is 1. The standard InChI is InChI=1S/C22H24FNO2/c1-12(2)16-8-14(9-17(13(3)4)21(16)26-5)10-19-18-11-15(23)6-7-20(18)24-22(19)25/h6-13H,1-5H3,(H,24,25)/b19-10+. The molecule has 0 fully saturated rings. The fraction of sp³-hybridized carbons (Fsp3) is 0.318. The minimum Gasteiger partial charge on any atom is -0.496 e. The first-order valence-corrected chi connectivity index (χ1v) is 8.86. The van der Waals surface area contributed by atoms with E-state index in [0.29, 0.717) is 16.8 Å². The van der Waals surface area contributed by atoms with Crippen LogP contribution in [0.4, 0.5) is 10.1 Å². The molecule has 0 saturated carbocycles. The largest absolute Gasteiger partial charge is 0.496 e. The summed E-state index contributed by atoms with van der Waals surface area (Å²) in [5.74, 6) is 0.899. The van der Waals surface area contributed by atoms with Crippen LogP contribution in [0.2, 0.25) is 0 Å². The molecule has 1 aliphatic heterocycles. The highest BCUT2D eigenvalue weighted by molar-refractivity contribution is 6.34. The van der Waals surface area contributed by atoms with Gasteiger partial charge in [-0.2, -0.15) is 0 Å². The minimum absolute atomic E-state index is 0.210. The van der Waals surface area contributed by atoms with E-state index < -0.39 is 0 Å². The number of nitrogens with one attached hydrogen (secondary N) is 1. The lowest BCUT2D eigenvalue weighted by Crippen LogP contribution is -2.04. The number of benzene rings is 2. The average Bonchev–Trinajstić information content (AvgIpc) is 2.89. The summed E-state index contributed by atoms with van der Waals surface area (Å²) < 4.78 is 19.3. The molecule has 2 aromatic carbocycles. The monoisotopic (exact) mass is 353 g/mol. The molecular weight excluding hydrogens is 329 g/mol. The summed E-state index contributed by atoms with van der Waals surface area (Å²) in [6.45, 7) is 8.47. The molecule has 0 spiro atoms. The SMILES string of the molecule is COc1c(C(C)C)cc(/C=C2/C(=O)Nc3ccc(F)cc32)cc1C(C)C. The predicted octanol–water partition coefficient (Wildman–Crippen LogP) is 5.57. The van der Waals surface area contributed by atoms with Gasteiger partial charge in [0.25, 0.3) is 5.91 Å². The van der Waals surface area contributed by atoms with Gasteiger partial charge in [-0.3, -0.25) is 4.79 Å². The Labute approximate surface area is 153 Å². The predicted molar refractivity (Wildman–Crippen MR) is 104 cm³/mol. The van der Waals surface area contributed by atoms with Crippen molar-refractivity contribution >= 4 is 23.2 Å². The quantitative estimate of drug-likeness (QED) is 0.729. The second-order valence-corrected chi connectivity index (χ2v) is 7.24. The maximum atomic E-state index is 13.7. The number of rotatable bonds is 4. The number of halogens is 1. The van der Waals surface area contributed by atoms with Crippen LogP contribution in [0.1, 0.15) is 61.8 Å². The zero-order valence-electron chi connectivity index (χ0n) is 15.8. The van der Waals surface area contributed by atoms with Gasteiger partial charge in [0.15, 0.2) is 0 Å². The van der Waals surface area contributed by atoms with Crippen molar-refractivity contribution in [3.8, 4) is 5.75 Å². The van der Waals surface area contributed by atoms with Gasteiger partial charge >= 0.3 is 0 Å². The number of amides is 1. The summed E-state index contributed by atoms with van der Waals surface area (Å²) in [6.07, 6.45) is 1.83. The second-order valence-electron chi connectivity index (χ2n) is 7.24. The Hall–Kier alpha value is -2.62. The van der Waals surface area contributed by atoms with Crippen LogP contribution in [0.3, 0.4) is 0 Å². The number of carbonyl (C=O) groups excluding carboxylic acids is 1. The van der Waals surface area contributed by atoms with E-state index >= 15 is 0 Å². The van der Waals surface area contributed by atoms with E-state index in [1.807, 2.05) is 18.2 Å². The molecule has 0 aromatic heterocycles. The molecule has 0 bridgehead atoms. The first-order valence-electron chi connectivity index (χ1n) is 8.86. The third-order valence-electron chi connectivity index (χ3n) is 4.69. The van der Waals surface area contributed by atoms with Crippen LogP contribution < -0.4 is 10.1 Å². The summed E-state index contributed by atoms with van der Waals surface area (Å²) >= 11 is 0. The van der Waals surface area contributed by atoms with Crippen LogP contribution in [0.15, 0.2) is 30.3 Å². The zero-order valence-corrected chi connectivity index (χ0v) is 15.8. The van der Waals surface area contributed by atoms with Gasteiger partial charge in [-0.15, -0.1) is 0 Å². The summed E-state index contributed by atoms with van der Waals surface area (Å²) in [4.78, 5) is 12.4. The summed E-state index contributed by atoms with van der Waals surface area (Å²) in [7, 11) is 1.69. The number of carbonyl (C=O) groups is 1. The minimum atomic E-state index is -0.355. The topological polar surface area (TPSA) is 38.3 Å². The van der Waals surface area contributed by atoms with Crippen LogP contribution in [-0.4, -0.2) is 13.0 Å². The normalized spacial score (nSPS) is 14.9. The van der Waals surface area contributed by atoms with Crippen molar-refractivity contribution in [3.05, 3.63) is 58.4 Å². The molecule has 1 aliphatic rings. The fourth-order valence-corrected chi connectivity index (χ4v) is 3.35. The Morgan fingerprint density at radius 3 is 2.19 bits per heavy atom. The van der Waals surface area contributed by atoms with E-state index in [9.17, 15) is 9.18 Å². The Balaban J connectivity index is 2.18. The molecule has 0 radical (unpaired) electrons. The van der Waals surface area contributed by atoms with Gasteiger partial charge in [0, 0.05) is 16.8 Å². The Morgan fingerprint density at radius 2 is 1.65 bits per heavy atom. The lowest BCUT2D eigenvalue weighted by molar-refractivity contribution is -0.110. The van der Waals surface area contributed by atoms with Gasteiger partial charge in [0.05, 0.1) is 7.11 Å². The highest BCUT2D eigenvalue weighted by atomic mass is 19.1. The molecule has 26 heavy (non-hydrogen) atoms. The summed E-state index contributed by atoms with van der Waals surface area (Å²) in [6, 6.07) is 8.44. The molecular formula is C22H24FNO2. The van der Waals surface area contributed by atoms with Crippen molar-refractivity contribution in [3.63, 3.8) is 0 Å². The highest BCUT2D eigenvalue weighted by Crippen LogP contribution is 2.38. The summed E-state index contributed by atoms with van der Waals surface area (Å²) in [5.41, 5.74) is 4.84. The van der Waals surface area contributed by atoms with E-state index in [0.717, 1.165) is 22.4 Å². The van der Waals surface area contributed by atoms with Crippen molar-refractivity contribution in [1.82, 2.24) is 0 Å². The van der Waals surface area contributed by atoms with E-state index in [2.05, 4.69) is 33.0 Å². The van der Waals surface area contributed by atoms with Gasteiger partial charge in [0.1, 0.15) is 11.6 Å². The molecule has 4 heteroatoms. The lowest BCUT2D eigenvalue weighted by atomic mass is 9.90. The molecule has 0 saturated heterocycles. The molecule has 0 unspecified atom stereocenters. The van der Waals surface area contributed by atoms with Crippen LogP contribution in [0, 0.1) is 5.82 Å². The smallest absolute Gasteiger partial charge is 0.256 e. The lowest BCUT2D eigenvalue weighted by Gasteiger charge is -2.19. The highest BCUT2D eigenvalue weighted by Gasteiger charge is 2.25. The summed E-state index contributed by atoms with van der Waals surface area (Å²) in [5, 5.41) is 2.79. The Morgan fingerprint density at radius 1 is 1.04 bits per heavy atom. The number of anilines is 1. The van der Waals surface area contributed by atoms with E-state index in [4.69, 9.17) is 4.74 Å². The average molecular weight is 353 g/mol. The van der Waals surface area contributed by atoms with Crippen molar-refractivity contribution < 1.29 is 13.9 Å². The van der Waals surface area contributed by atoms with E-state index in [1.54, 1.807) is 13.2 Å². The number of hydrogen-bond acceptors (Lipinski definition) is 2. The number of methoxy groups -OCH3 is 1. The molecule has 0 atom stereocenters. The number of ether oxygens (including phenoxy) is 1. The zero-order chi connectivity index (χ0) is 19.0.